The van der Waals surface area contributed by atoms with Crippen molar-refractivity contribution >= 4 is 21.4 Å². The highest BCUT2D eigenvalue weighted by Crippen LogP contribution is 2.28. The molecule has 1 fully saturated rings. The minimum absolute atomic E-state index is 0.191. The molecule has 1 aromatic heterocycles. The van der Waals surface area contributed by atoms with Crippen LogP contribution in [0.4, 0.5) is 0 Å². The number of aryl methyl sites for hydroxylation is 1. The molecule has 0 N–H and O–H groups in total. The van der Waals surface area contributed by atoms with Crippen molar-refractivity contribution in [1.29, 1.82) is 0 Å². The van der Waals surface area contributed by atoms with Gasteiger partial charge in [0.2, 0.25) is 0 Å². The molecule has 6 heteroatoms. The van der Waals surface area contributed by atoms with Crippen LogP contribution >= 0.6 is 11.3 Å². The molecule has 2 heterocycles. The molecule has 0 bridgehead atoms. The molecule has 0 atom stereocenters. The monoisotopic (exact) mass is 317 g/mol. The van der Waals surface area contributed by atoms with Crippen LogP contribution < -0.4 is 0 Å². The minimum Gasteiger partial charge on any atom is -0.375 e. The average Bonchev–Trinajstić information content (AvgIpc) is 2.88. The molecule has 0 aliphatic carbocycles. The lowest BCUT2D eigenvalue weighted by Gasteiger charge is -2.31. The largest absolute Gasteiger partial charge is 0.375 e. The van der Waals surface area contributed by atoms with Crippen LogP contribution in [0.3, 0.4) is 0 Å². The van der Waals surface area contributed by atoms with Gasteiger partial charge < -0.3 is 4.74 Å². The van der Waals surface area contributed by atoms with E-state index in [1.165, 1.54) is 11.3 Å². The van der Waals surface area contributed by atoms with Gasteiger partial charge in [-0.05, 0) is 45.2 Å². The predicted molar refractivity (Wildman–Crippen MR) is 81.7 cm³/mol. The lowest BCUT2D eigenvalue weighted by atomic mass is 10.1. The van der Waals surface area contributed by atoms with Crippen LogP contribution in [0.25, 0.3) is 0 Å². The Bertz CT molecular complexity index is 528. The van der Waals surface area contributed by atoms with Crippen molar-refractivity contribution in [2.45, 2.75) is 56.5 Å². The van der Waals surface area contributed by atoms with Gasteiger partial charge >= 0.3 is 0 Å². The first-order chi connectivity index (χ1) is 9.43. The van der Waals surface area contributed by atoms with E-state index in [9.17, 15) is 8.42 Å². The maximum Gasteiger partial charge on any atom is 0.252 e. The number of hydrogen-bond acceptors (Lipinski definition) is 4. The van der Waals surface area contributed by atoms with Crippen LogP contribution in [0, 0.1) is 0 Å². The third-order valence-electron chi connectivity index (χ3n) is 3.45. The Labute approximate surface area is 125 Å². The molecule has 114 valence electrons. The third kappa shape index (κ3) is 3.61. The van der Waals surface area contributed by atoms with E-state index < -0.39 is 10.0 Å². The molecule has 1 aromatic rings. The van der Waals surface area contributed by atoms with Gasteiger partial charge in [0.05, 0.1) is 12.2 Å². The molecule has 0 aromatic carbocycles. The van der Waals surface area contributed by atoms with E-state index in [1.54, 1.807) is 10.4 Å². The Hall–Kier alpha value is -0.430. The second kappa shape index (κ2) is 6.56. The number of hydrogen-bond donors (Lipinski definition) is 0. The summed E-state index contributed by atoms with van der Waals surface area (Å²) in [5.74, 6) is 0. The maximum atomic E-state index is 12.5. The van der Waals surface area contributed by atoms with Crippen LogP contribution in [-0.2, 0) is 21.2 Å². The molecule has 0 spiro atoms. The lowest BCUT2D eigenvalue weighted by Crippen LogP contribution is -2.41. The molecule has 0 radical (unpaired) electrons. The standard InChI is InChI=1S/C14H23NO3S2/c1-4-13-5-6-14(19-13)20(16,17)15-9-7-12(8-10-15)18-11(2)3/h5-6,11-12H,4,7-10H2,1-3H3. The van der Waals surface area contributed by atoms with Gasteiger partial charge in [0, 0.05) is 18.0 Å². The number of thiophene rings is 1. The van der Waals surface area contributed by atoms with E-state index in [0.29, 0.717) is 17.3 Å². The summed E-state index contributed by atoms with van der Waals surface area (Å²) in [6.07, 6.45) is 2.83. The van der Waals surface area contributed by atoms with Crippen molar-refractivity contribution in [2.75, 3.05) is 13.1 Å². The van der Waals surface area contributed by atoms with Crippen molar-refractivity contribution in [3.05, 3.63) is 17.0 Å². The quantitative estimate of drug-likeness (QED) is 0.839. The topological polar surface area (TPSA) is 46.6 Å². The van der Waals surface area contributed by atoms with Gasteiger partial charge in [0.25, 0.3) is 10.0 Å². The summed E-state index contributed by atoms with van der Waals surface area (Å²) in [7, 11) is -3.31. The summed E-state index contributed by atoms with van der Waals surface area (Å²) >= 11 is 1.38. The zero-order chi connectivity index (χ0) is 14.8. The second-order valence-electron chi connectivity index (χ2n) is 5.36. The normalized spacial score (nSPS) is 18.8. The van der Waals surface area contributed by atoms with Crippen LogP contribution in [-0.4, -0.2) is 38.0 Å². The molecule has 1 saturated heterocycles. The maximum absolute atomic E-state index is 12.5. The fourth-order valence-corrected chi connectivity index (χ4v) is 5.33. The molecular formula is C14H23NO3S2. The van der Waals surface area contributed by atoms with Crippen LogP contribution in [0.1, 0.15) is 38.5 Å². The molecule has 1 aliphatic rings. The number of nitrogens with zero attached hydrogens (tertiary/aromatic N) is 1. The summed E-state index contributed by atoms with van der Waals surface area (Å²) in [5, 5.41) is 0. The summed E-state index contributed by atoms with van der Waals surface area (Å²) in [6, 6.07) is 3.64. The zero-order valence-corrected chi connectivity index (χ0v) is 14.0. The highest BCUT2D eigenvalue weighted by Gasteiger charge is 2.30. The van der Waals surface area contributed by atoms with Crippen LogP contribution in [0.2, 0.25) is 0 Å². The molecular weight excluding hydrogens is 294 g/mol. The Kier molecular flexibility index (Phi) is 5.23. The number of piperidine rings is 1. The number of sulfonamides is 1. The lowest BCUT2D eigenvalue weighted by molar-refractivity contribution is -0.0168. The van der Waals surface area contributed by atoms with E-state index in [4.69, 9.17) is 4.74 Å². The Morgan fingerprint density at radius 3 is 2.50 bits per heavy atom. The molecule has 0 amide bonds. The van der Waals surface area contributed by atoms with Crippen molar-refractivity contribution in [2.24, 2.45) is 0 Å². The summed E-state index contributed by atoms with van der Waals surface area (Å²) in [5.41, 5.74) is 0. The summed E-state index contributed by atoms with van der Waals surface area (Å²) in [4.78, 5) is 1.11. The first-order valence-electron chi connectivity index (χ1n) is 7.17. The van der Waals surface area contributed by atoms with Gasteiger partial charge in [0.1, 0.15) is 4.21 Å². The van der Waals surface area contributed by atoms with Crippen molar-refractivity contribution in [1.82, 2.24) is 4.31 Å². The highest BCUT2D eigenvalue weighted by molar-refractivity contribution is 7.91. The van der Waals surface area contributed by atoms with Gasteiger partial charge in [-0.2, -0.15) is 4.31 Å². The zero-order valence-electron chi connectivity index (χ0n) is 12.3. The van der Waals surface area contributed by atoms with Gasteiger partial charge in [-0.3, -0.25) is 0 Å². The summed E-state index contributed by atoms with van der Waals surface area (Å²) < 4.78 is 32.9. The van der Waals surface area contributed by atoms with Crippen LogP contribution in [0.15, 0.2) is 16.3 Å². The molecule has 4 nitrogen and oxygen atoms in total. The van der Waals surface area contributed by atoms with E-state index in [-0.39, 0.29) is 12.2 Å². The molecule has 2 rings (SSSR count). The highest BCUT2D eigenvalue weighted by atomic mass is 32.2. The molecule has 20 heavy (non-hydrogen) atoms. The fourth-order valence-electron chi connectivity index (χ4n) is 2.41. The Morgan fingerprint density at radius 1 is 1.35 bits per heavy atom. The van der Waals surface area contributed by atoms with Gasteiger partial charge in [0.15, 0.2) is 0 Å². The first kappa shape index (κ1) is 15.9. The molecule has 1 aliphatic heterocycles. The van der Waals surface area contributed by atoms with Crippen molar-refractivity contribution in [3.63, 3.8) is 0 Å². The smallest absolute Gasteiger partial charge is 0.252 e. The molecule has 0 unspecified atom stereocenters. The third-order valence-corrected chi connectivity index (χ3v) is 7.04. The SMILES string of the molecule is CCc1ccc(S(=O)(=O)N2CCC(OC(C)C)CC2)s1. The predicted octanol–water partition coefficient (Wildman–Crippen LogP) is 2.89. The van der Waals surface area contributed by atoms with E-state index in [0.717, 1.165) is 24.1 Å². The van der Waals surface area contributed by atoms with Gasteiger partial charge in [-0.1, -0.05) is 6.92 Å². The van der Waals surface area contributed by atoms with Crippen molar-refractivity contribution in [3.8, 4) is 0 Å². The van der Waals surface area contributed by atoms with Crippen molar-refractivity contribution < 1.29 is 13.2 Å². The Morgan fingerprint density at radius 2 is 2.00 bits per heavy atom. The molecule has 0 saturated carbocycles. The van der Waals surface area contributed by atoms with Gasteiger partial charge in [-0.25, -0.2) is 8.42 Å². The van der Waals surface area contributed by atoms with Crippen LogP contribution in [0.5, 0.6) is 0 Å². The Balaban J connectivity index is 2.02. The minimum atomic E-state index is -3.31. The fraction of sp³-hybridized carbons (Fsp3) is 0.714. The van der Waals surface area contributed by atoms with E-state index in [2.05, 4.69) is 0 Å². The number of ether oxygens (including phenoxy) is 1. The second-order valence-corrected chi connectivity index (χ2v) is 8.70. The van der Waals surface area contributed by atoms with Gasteiger partial charge in [-0.15, -0.1) is 11.3 Å². The average molecular weight is 317 g/mol. The first-order valence-corrected chi connectivity index (χ1v) is 9.43. The number of rotatable bonds is 5. The summed E-state index contributed by atoms with van der Waals surface area (Å²) in [6.45, 7) is 7.18. The van der Waals surface area contributed by atoms with E-state index >= 15 is 0 Å². The van der Waals surface area contributed by atoms with E-state index in [1.807, 2.05) is 26.8 Å².